The molecule has 2 aromatic carbocycles. The lowest BCUT2D eigenvalue weighted by Crippen LogP contribution is -2.49. The van der Waals surface area contributed by atoms with Crippen LogP contribution in [0, 0.1) is 5.82 Å². The highest BCUT2D eigenvalue weighted by molar-refractivity contribution is 9.10. The molecule has 0 saturated heterocycles. The molecule has 0 fully saturated rings. The van der Waals surface area contributed by atoms with Crippen LogP contribution in [-0.2, 0) is 26.2 Å². The lowest BCUT2D eigenvalue weighted by molar-refractivity contribution is -0.140. The molecule has 0 aliphatic rings. The van der Waals surface area contributed by atoms with Gasteiger partial charge < -0.3 is 10.2 Å². The van der Waals surface area contributed by atoms with Gasteiger partial charge in [-0.25, -0.2) is 12.8 Å². The summed E-state index contributed by atoms with van der Waals surface area (Å²) in [5.74, 6) is -1.23. The zero-order chi connectivity index (χ0) is 25.5. The summed E-state index contributed by atoms with van der Waals surface area (Å²) in [6.07, 6.45) is 1.15. The van der Waals surface area contributed by atoms with Crippen LogP contribution in [0.15, 0.2) is 53.0 Å². The Morgan fingerprint density at radius 3 is 2.35 bits per heavy atom. The molecule has 0 bridgehead atoms. The zero-order valence-corrected chi connectivity index (χ0v) is 22.2. The summed E-state index contributed by atoms with van der Waals surface area (Å²) in [7, 11) is -3.76. The highest BCUT2D eigenvalue weighted by Crippen LogP contribution is 2.22. The molecule has 2 rings (SSSR count). The van der Waals surface area contributed by atoms with Crippen molar-refractivity contribution in [1.82, 2.24) is 10.2 Å². The third kappa shape index (κ3) is 8.09. The predicted molar refractivity (Wildman–Crippen MR) is 135 cm³/mol. The van der Waals surface area contributed by atoms with Crippen LogP contribution in [0.2, 0.25) is 0 Å². The summed E-state index contributed by atoms with van der Waals surface area (Å²) >= 11 is 3.42. The maximum Gasteiger partial charge on any atom is 0.242 e. The first-order valence-corrected chi connectivity index (χ1v) is 13.6. The summed E-state index contributed by atoms with van der Waals surface area (Å²) < 4.78 is 40.6. The van der Waals surface area contributed by atoms with Crippen LogP contribution in [0.1, 0.15) is 39.2 Å². The molecule has 2 amide bonds. The van der Waals surface area contributed by atoms with Crippen LogP contribution < -0.4 is 9.62 Å². The van der Waals surface area contributed by atoms with E-state index in [0.717, 1.165) is 20.6 Å². The van der Waals surface area contributed by atoms with Crippen molar-refractivity contribution in [2.24, 2.45) is 0 Å². The molecule has 7 nitrogen and oxygen atoms in total. The van der Waals surface area contributed by atoms with Gasteiger partial charge in [0.05, 0.1) is 11.9 Å². The van der Waals surface area contributed by atoms with Crippen molar-refractivity contribution in [1.29, 1.82) is 0 Å². The molecule has 0 unspecified atom stereocenters. The topological polar surface area (TPSA) is 86.8 Å². The van der Waals surface area contributed by atoms with Crippen LogP contribution in [0.5, 0.6) is 0 Å². The van der Waals surface area contributed by atoms with Gasteiger partial charge in [0.25, 0.3) is 0 Å². The Morgan fingerprint density at radius 1 is 1.09 bits per heavy atom. The molecule has 10 heteroatoms. The van der Waals surface area contributed by atoms with Crippen LogP contribution in [0.3, 0.4) is 0 Å². The van der Waals surface area contributed by atoms with Crippen LogP contribution in [0.4, 0.5) is 10.1 Å². The molecular weight excluding hydrogens is 525 g/mol. The summed E-state index contributed by atoms with van der Waals surface area (Å²) in [6.45, 7) is 5.49. The van der Waals surface area contributed by atoms with Crippen molar-refractivity contribution in [2.75, 3.05) is 17.1 Å². The van der Waals surface area contributed by atoms with Crippen molar-refractivity contribution in [2.45, 2.75) is 52.2 Å². The molecule has 0 saturated carbocycles. The van der Waals surface area contributed by atoms with Gasteiger partial charge in [-0.05, 0) is 57.0 Å². The fourth-order valence-corrected chi connectivity index (χ4v) is 4.87. The van der Waals surface area contributed by atoms with Crippen molar-refractivity contribution in [3.63, 3.8) is 0 Å². The first-order chi connectivity index (χ1) is 15.9. The van der Waals surface area contributed by atoms with E-state index in [1.807, 2.05) is 38.1 Å². The Morgan fingerprint density at radius 2 is 1.76 bits per heavy atom. The number of para-hydroxylation sites is 1. The number of sulfonamides is 1. The molecule has 0 aromatic heterocycles. The fraction of sp³-hybridized carbons (Fsp3) is 0.417. The number of carbonyl (C=O) groups excluding carboxylic acids is 2. The number of hydrogen-bond donors (Lipinski definition) is 1. The van der Waals surface area contributed by atoms with Gasteiger partial charge >= 0.3 is 0 Å². The minimum Gasteiger partial charge on any atom is -0.352 e. The van der Waals surface area contributed by atoms with E-state index < -0.39 is 21.9 Å². The van der Waals surface area contributed by atoms with Gasteiger partial charge in [-0.2, -0.15) is 0 Å². The lowest BCUT2D eigenvalue weighted by atomic mass is 10.1. The van der Waals surface area contributed by atoms with Gasteiger partial charge in [-0.1, -0.05) is 40.2 Å². The number of carbonyl (C=O) groups is 2. The molecule has 0 heterocycles. The molecule has 0 aliphatic carbocycles. The summed E-state index contributed by atoms with van der Waals surface area (Å²) in [6, 6.07) is 12.2. The number of hydrogen-bond acceptors (Lipinski definition) is 4. The van der Waals surface area contributed by atoms with E-state index in [1.54, 1.807) is 13.0 Å². The Kier molecular flexibility index (Phi) is 10.1. The monoisotopic (exact) mass is 555 g/mol. The average molecular weight is 556 g/mol. The average Bonchev–Trinajstić information content (AvgIpc) is 2.74. The van der Waals surface area contributed by atoms with Gasteiger partial charge in [0.1, 0.15) is 11.9 Å². The number of rotatable bonds is 11. The quantitative estimate of drug-likeness (QED) is 0.452. The molecule has 1 atom stereocenters. The zero-order valence-electron chi connectivity index (χ0n) is 19.8. The first-order valence-electron chi connectivity index (χ1n) is 11.0. The summed E-state index contributed by atoms with van der Waals surface area (Å²) in [4.78, 5) is 27.3. The number of nitrogens with one attached hydrogen (secondary N) is 1. The Hall–Kier alpha value is -2.46. The predicted octanol–water partition coefficient (Wildman–Crippen LogP) is 4.08. The highest BCUT2D eigenvalue weighted by atomic mass is 79.9. The largest absolute Gasteiger partial charge is 0.352 e. The normalized spacial score (nSPS) is 12.3. The van der Waals surface area contributed by atoms with Gasteiger partial charge in [0.15, 0.2) is 0 Å². The van der Waals surface area contributed by atoms with E-state index in [0.29, 0.717) is 0 Å². The minimum atomic E-state index is -3.76. The highest BCUT2D eigenvalue weighted by Gasteiger charge is 2.27. The standard InChI is InChI=1S/C24H31BrFN3O4S/c1-17(2)27-24(31)18(3)28(16-19-9-7-10-20(25)15-19)23(30)13-8-14-29(34(4,32)33)22-12-6-5-11-21(22)26/h5-7,9-12,15,17-18H,8,13-14,16H2,1-4H3,(H,27,31)/t18-/m1/s1. The van der Waals surface area contributed by atoms with E-state index in [4.69, 9.17) is 0 Å². The van der Waals surface area contributed by atoms with Crippen LogP contribution >= 0.6 is 15.9 Å². The molecule has 2 aromatic rings. The van der Waals surface area contributed by atoms with Crippen molar-refractivity contribution < 1.29 is 22.4 Å². The third-order valence-corrected chi connectivity index (χ3v) is 6.79. The lowest BCUT2D eigenvalue weighted by Gasteiger charge is -2.30. The van der Waals surface area contributed by atoms with Crippen LogP contribution in [0.25, 0.3) is 0 Å². The number of amides is 2. The molecule has 0 spiro atoms. The number of anilines is 1. The van der Waals surface area contributed by atoms with Crippen molar-refractivity contribution in [3.05, 3.63) is 64.4 Å². The van der Waals surface area contributed by atoms with Crippen molar-refractivity contribution in [3.8, 4) is 0 Å². The maximum atomic E-state index is 14.2. The van der Waals surface area contributed by atoms with E-state index >= 15 is 0 Å². The smallest absolute Gasteiger partial charge is 0.242 e. The van der Waals surface area contributed by atoms with Gasteiger partial charge in [-0.3, -0.25) is 13.9 Å². The Bertz CT molecular complexity index is 1110. The number of nitrogens with zero attached hydrogens (tertiary/aromatic N) is 2. The number of halogens is 2. The molecule has 34 heavy (non-hydrogen) atoms. The van der Waals surface area contributed by atoms with Crippen LogP contribution in [-0.4, -0.2) is 50.0 Å². The second-order valence-electron chi connectivity index (χ2n) is 8.38. The molecule has 0 radical (unpaired) electrons. The van der Waals surface area contributed by atoms with E-state index in [9.17, 15) is 22.4 Å². The fourth-order valence-electron chi connectivity index (χ4n) is 3.46. The number of benzene rings is 2. The molecule has 186 valence electrons. The maximum absolute atomic E-state index is 14.2. The van der Waals surface area contributed by atoms with Gasteiger partial charge in [0.2, 0.25) is 21.8 Å². The Labute approximate surface area is 209 Å². The summed E-state index contributed by atoms with van der Waals surface area (Å²) in [5.41, 5.74) is 0.782. The SMILES string of the molecule is CC(C)NC(=O)[C@@H](C)N(Cc1cccc(Br)c1)C(=O)CCCN(c1ccccc1F)S(C)(=O)=O. The van der Waals surface area contributed by atoms with E-state index in [1.165, 1.54) is 23.1 Å². The second-order valence-corrected chi connectivity index (χ2v) is 11.2. The molecule has 1 N–H and O–H groups in total. The van der Waals surface area contributed by atoms with E-state index in [2.05, 4.69) is 21.2 Å². The second kappa shape index (κ2) is 12.3. The van der Waals surface area contributed by atoms with Gasteiger partial charge in [-0.15, -0.1) is 0 Å². The van der Waals surface area contributed by atoms with E-state index in [-0.39, 0.29) is 49.5 Å². The van der Waals surface area contributed by atoms with Crippen molar-refractivity contribution >= 4 is 43.5 Å². The molecule has 0 aliphatic heterocycles. The third-order valence-electron chi connectivity index (χ3n) is 5.11. The van der Waals surface area contributed by atoms with Gasteiger partial charge in [0, 0.05) is 30.0 Å². The minimum absolute atomic E-state index is 0.00618. The Balaban J connectivity index is 2.18. The first kappa shape index (κ1) is 27.8. The summed E-state index contributed by atoms with van der Waals surface area (Å²) in [5, 5.41) is 2.83. The molecular formula is C24H31BrFN3O4S.